The molecule has 3 aromatic rings. The molecule has 1 aliphatic rings. The topological polar surface area (TPSA) is 75.4 Å². The fourth-order valence-electron chi connectivity index (χ4n) is 4.27. The Morgan fingerprint density at radius 1 is 1.06 bits per heavy atom. The fraction of sp³-hybridized carbons (Fsp3) is 0.375. The molecule has 7 heteroatoms. The molecule has 6 nitrogen and oxygen atoms in total. The van der Waals surface area contributed by atoms with Gasteiger partial charge in [0.1, 0.15) is 5.76 Å². The van der Waals surface area contributed by atoms with Crippen molar-refractivity contribution in [2.75, 3.05) is 13.1 Å². The predicted octanol–water partition coefficient (Wildman–Crippen LogP) is 4.21. The van der Waals surface area contributed by atoms with Crippen molar-refractivity contribution >= 4 is 10.0 Å². The zero-order valence-corrected chi connectivity index (χ0v) is 19.1. The van der Waals surface area contributed by atoms with Gasteiger partial charge >= 0.3 is 0 Å². The molecule has 31 heavy (non-hydrogen) atoms. The lowest BCUT2D eigenvalue weighted by Crippen LogP contribution is -2.44. The second-order valence-corrected chi connectivity index (χ2v) is 10.0. The van der Waals surface area contributed by atoms with Gasteiger partial charge in [-0.25, -0.2) is 13.1 Å². The van der Waals surface area contributed by atoms with Gasteiger partial charge in [0, 0.05) is 31.2 Å². The van der Waals surface area contributed by atoms with E-state index in [0.29, 0.717) is 10.7 Å². The fourth-order valence-corrected chi connectivity index (χ4v) is 5.85. The third-order valence-corrected chi connectivity index (χ3v) is 7.62. The average molecular weight is 440 g/mol. The first kappa shape index (κ1) is 21.7. The minimum atomic E-state index is -3.63. The van der Waals surface area contributed by atoms with Crippen LogP contribution in [0.15, 0.2) is 57.9 Å². The second kappa shape index (κ2) is 8.94. The van der Waals surface area contributed by atoms with Crippen LogP contribution in [0.1, 0.15) is 35.4 Å². The SMILES string of the molecule is Cc1ccc(-c2c(C)noc2C)cc1S(=O)(=O)NC1CCN(Cc2ccccc2)CC1. The Morgan fingerprint density at radius 3 is 2.42 bits per heavy atom. The number of aryl methyl sites for hydroxylation is 3. The number of sulfonamides is 1. The van der Waals surface area contributed by atoms with Crippen molar-refractivity contribution in [3.63, 3.8) is 0 Å². The van der Waals surface area contributed by atoms with Gasteiger partial charge in [0.05, 0.1) is 10.6 Å². The second-order valence-electron chi connectivity index (χ2n) is 8.34. The van der Waals surface area contributed by atoms with Gasteiger partial charge in [0.2, 0.25) is 10.0 Å². The van der Waals surface area contributed by atoms with Crippen LogP contribution < -0.4 is 4.72 Å². The molecule has 1 N–H and O–H groups in total. The van der Waals surface area contributed by atoms with Crippen LogP contribution in [-0.4, -0.2) is 37.6 Å². The molecule has 0 bridgehead atoms. The van der Waals surface area contributed by atoms with Crippen LogP contribution in [0.5, 0.6) is 0 Å². The lowest BCUT2D eigenvalue weighted by atomic mass is 10.0. The van der Waals surface area contributed by atoms with E-state index >= 15 is 0 Å². The minimum absolute atomic E-state index is 0.0563. The first-order valence-electron chi connectivity index (χ1n) is 10.7. The van der Waals surface area contributed by atoms with E-state index in [1.807, 2.05) is 39.0 Å². The lowest BCUT2D eigenvalue weighted by molar-refractivity contribution is 0.200. The Morgan fingerprint density at radius 2 is 1.77 bits per heavy atom. The van der Waals surface area contributed by atoms with Crippen LogP contribution in [0.4, 0.5) is 0 Å². The van der Waals surface area contributed by atoms with Crippen molar-refractivity contribution in [1.29, 1.82) is 0 Å². The van der Waals surface area contributed by atoms with Gasteiger partial charge in [0.15, 0.2) is 0 Å². The Hall–Kier alpha value is -2.48. The number of rotatable bonds is 6. The van der Waals surface area contributed by atoms with E-state index in [1.54, 1.807) is 6.07 Å². The van der Waals surface area contributed by atoms with Crippen molar-refractivity contribution < 1.29 is 12.9 Å². The minimum Gasteiger partial charge on any atom is -0.361 e. The molecule has 1 fully saturated rings. The van der Waals surface area contributed by atoms with Gasteiger partial charge in [-0.1, -0.05) is 47.6 Å². The van der Waals surface area contributed by atoms with Crippen molar-refractivity contribution in [2.24, 2.45) is 0 Å². The first-order chi connectivity index (χ1) is 14.8. The maximum atomic E-state index is 13.2. The van der Waals surface area contributed by atoms with E-state index in [2.05, 4.69) is 39.0 Å². The Labute approximate surface area is 184 Å². The molecule has 0 spiro atoms. The molecule has 0 amide bonds. The van der Waals surface area contributed by atoms with Gasteiger partial charge in [-0.3, -0.25) is 4.90 Å². The summed E-state index contributed by atoms with van der Waals surface area (Å²) in [5.41, 5.74) is 4.42. The molecule has 2 aromatic carbocycles. The number of hydrogen-bond acceptors (Lipinski definition) is 5. The Kier molecular flexibility index (Phi) is 6.27. The van der Waals surface area contributed by atoms with Crippen molar-refractivity contribution in [1.82, 2.24) is 14.8 Å². The van der Waals surface area contributed by atoms with Gasteiger partial charge < -0.3 is 4.52 Å². The van der Waals surface area contributed by atoms with E-state index in [9.17, 15) is 8.42 Å². The Bertz CT molecular complexity index is 1130. The molecule has 0 saturated carbocycles. The third-order valence-electron chi connectivity index (χ3n) is 5.96. The summed E-state index contributed by atoms with van der Waals surface area (Å²) in [7, 11) is -3.63. The zero-order chi connectivity index (χ0) is 22.0. The standard InChI is InChI=1S/C24H29N3O3S/c1-17-9-10-21(24-18(2)25-30-19(24)3)15-23(17)31(28,29)26-22-11-13-27(14-12-22)16-20-7-5-4-6-8-20/h4-10,15,22,26H,11-14,16H2,1-3H3. The summed E-state index contributed by atoms with van der Waals surface area (Å²) in [6.45, 7) is 8.18. The van der Waals surface area contributed by atoms with Crippen LogP contribution in [0.3, 0.4) is 0 Å². The molecule has 0 unspecified atom stereocenters. The summed E-state index contributed by atoms with van der Waals surface area (Å²) < 4.78 is 34.6. The summed E-state index contributed by atoms with van der Waals surface area (Å²) >= 11 is 0. The van der Waals surface area contributed by atoms with Gasteiger partial charge in [-0.2, -0.15) is 0 Å². The number of nitrogens with zero attached hydrogens (tertiary/aromatic N) is 2. The van der Waals surface area contributed by atoms with E-state index in [0.717, 1.165) is 54.9 Å². The molecule has 4 rings (SSSR count). The zero-order valence-electron chi connectivity index (χ0n) is 18.3. The Balaban J connectivity index is 1.45. The molecule has 0 radical (unpaired) electrons. The normalized spacial score (nSPS) is 16.0. The number of aromatic nitrogens is 1. The molecule has 1 saturated heterocycles. The van der Waals surface area contributed by atoms with Gasteiger partial charge in [-0.15, -0.1) is 0 Å². The molecule has 0 aliphatic carbocycles. The molecular formula is C24H29N3O3S. The molecule has 2 heterocycles. The molecular weight excluding hydrogens is 410 g/mol. The number of likely N-dealkylation sites (tertiary alicyclic amines) is 1. The number of hydrogen-bond donors (Lipinski definition) is 1. The van der Waals surface area contributed by atoms with Crippen LogP contribution in [-0.2, 0) is 16.6 Å². The maximum Gasteiger partial charge on any atom is 0.241 e. The van der Waals surface area contributed by atoms with E-state index in [1.165, 1.54) is 5.56 Å². The highest BCUT2D eigenvalue weighted by Gasteiger charge is 2.26. The molecule has 0 atom stereocenters. The van der Waals surface area contributed by atoms with Gasteiger partial charge in [-0.05, 0) is 56.4 Å². The van der Waals surface area contributed by atoms with Crippen LogP contribution in [0.2, 0.25) is 0 Å². The van der Waals surface area contributed by atoms with Crippen molar-refractivity contribution in [3.8, 4) is 11.1 Å². The smallest absolute Gasteiger partial charge is 0.241 e. The van der Waals surface area contributed by atoms with E-state index < -0.39 is 10.0 Å². The van der Waals surface area contributed by atoms with Crippen LogP contribution >= 0.6 is 0 Å². The molecule has 1 aliphatic heterocycles. The number of nitrogens with one attached hydrogen (secondary N) is 1. The summed E-state index contributed by atoms with van der Waals surface area (Å²) in [6.07, 6.45) is 1.60. The summed E-state index contributed by atoms with van der Waals surface area (Å²) in [5.74, 6) is 0.684. The van der Waals surface area contributed by atoms with Crippen LogP contribution in [0.25, 0.3) is 11.1 Å². The van der Waals surface area contributed by atoms with Gasteiger partial charge in [0.25, 0.3) is 0 Å². The number of benzene rings is 2. The average Bonchev–Trinajstić information content (AvgIpc) is 3.08. The van der Waals surface area contributed by atoms with E-state index in [4.69, 9.17) is 4.52 Å². The van der Waals surface area contributed by atoms with Crippen molar-refractivity contribution in [2.45, 2.75) is 51.1 Å². The highest BCUT2D eigenvalue weighted by Crippen LogP contribution is 2.30. The summed E-state index contributed by atoms with van der Waals surface area (Å²) in [6, 6.07) is 15.8. The predicted molar refractivity (Wildman–Crippen MR) is 121 cm³/mol. The van der Waals surface area contributed by atoms with E-state index in [-0.39, 0.29) is 6.04 Å². The number of piperidine rings is 1. The molecule has 1 aromatic heterocycles. The highest BCUT2D eigenvalue weighted by molar-refractivity contribution is 7.89. The summed E-state index contributed by atoms with van der Waals surface area (Å²) in [5, 5.41) is 3.99. The van der Waals surface area contributed by atoms with Crippen molar-refractivity contribution in [3.05, 3.63) is 71.1 Å². The highest BCUT2D eigenvalue weighted by atomic mass is 32.2. The first-order valence-corrected chi connectivity index (χ1v) is 12.1. The maximum absolute atomic E-state index is 13.2. The van der Waals surface area contributed by atoms with Crippen LogP contribution in [0, 0.1) is 20.8 Å². The lowest BCUT2D eigenvalue weighted by Gasteiger charge is -2.32. The summed E-state index contributed by atoms with van der Waals surface area (Å²) in [4.78, 5) is 2.69. The quantitative estimate of drug-likeness (QED) is 0.623. The monoisotopic (exact) mass is 439 g/mol. The largest absolute Gasteiger partial charge is 0.361 e. The molecule has 164 valence electrons. The third kappa shape index (κ3) is 4.89.